The number of nitrogens with one attached hydrogen (secondary N) is 2. The summed E-state index contributed by atoms with van der Waals surface area (Å²) >= 11 is 1.71. The molecule has 4 nitrogen and oxygen atoms in total. The average molecular weight is 393 g/mol. The van der Waals surface area contributed by atoms with Gasteiger partial charge in [-0.15, -0.1) is 11.3 Å². The molecule has 0 fully saturated rings. The molecule has 0 unspecified atom stereocenters. The summed E-state index contributed by atoms with van der Waals surface area (Å²) in [6.07, 6.45) is 2.97. The minimum absolute atomic E-state index is 0.0295. The molecule has 0 saturated carbocycles. The van der Waals surface area contributed by atoms with Crippen LogP contribution in [0.1, 0.15) is 33.6 Å². The van der Waals surface area contributed by atoms with Gasteiger partial charge < -0.3 is 10.6 Å². The van der Waals surface area contributed by atoms with Crippen LogP contribution in [-0.4, -0.2) is 18.4 Å². The highest BCUT2D eigenvalue weighted by Gasteiger charge is 2.08. The van der Waals surface area contributed by atoms with Crippen LogP contribution >= 0.6 is 11.3 Å². The van der Waals surface area contributed by atoms with Gasteiger partial charge in [-0.3, -0.25) is 9.59 Å². The normalized spacial score (nSPS) is 10.4. The number of amides is 2. The molecule has 0 aliphatic heterocycles. The van der Waals surface area contributed by atoms with E-state index in [0.717, 1.165) is 19.3 Å². The Morgan fingerprint density at radius 1 is 0.893 bits per heavy atom. The molecule has 5 heteroatoms. The lowest BCUT2D eigenvalue weighted by Crippen LogP contribution is -2.25. The fraction of sp³-hybridized carbons (Fsp3) is 0.217. The predicted molar refractivity (Wildman–Crippen MR) is 115 cm³/mol. The maximum Gasteiger partial charge on any atom is 0.251 e. The van der Waals surface area contributed by atoms with Crippen LogP contribution in [0.5, 0.6) is 0 Å². The Bertz CT molecular complexity index is 892. The fourth-order valence-electron chi connectivity index (χ4n) is 2.91. The Hall–Kier alpha value is -2.92. The molecular formula is C23H24N2O2S. The van der Waals surface area contributed by atoms with Crippen LogP contribution in [-0.2, 0) is 17.6 Å². The molecule has 0 radical (unpaired) electrons. The van der Waals surface area contributed by atoms with E-state index in [-0.39, 0.29) is 11.8 Å². The highest BCUT2D eigenvalue weighted by atomic mass is 32.1. The van der Waals surface area contributed by atoms with Crippen molar-refractivity contribution in [3.05, 3.63) is 88.1 Å². The van der Waals surface area contributed by atoms with Gasteiger partial charge in [0.2, 0.25) is 5.91 Å². The van der Waals surface area contributed by atoms with Crippen molar-refractivity contribution in [2.45, 2.75) is 25.7 Å². The zero-order valence-corrected chi connectivity index (χ0v) is 16.5. The molecule has 0 saturated heterocycles. The van der Waals surface area contributed by atoms with Gasteiger partial charge in [0, 0.05) is 29.1 Å². The van der Waals surface area contributed by atoms with E-state index < -0.39 is 0 Å². The van der Waals surface area contributed by atoms with E-state index in [9.17, 15) is 9.59 Å². The predicted octanol–water partition coefficient (Wildman–Crippen LogP) is 4.68. The Morgan fingerprint density at radius 2 is 1.75 bits per heavy atom. The average Bonchev–Trinajstić information content (AvgIpc) is 3.22. The lowest BCUT2D eigenvalue weighted by atomic mass is 10.1. The van der Waals surface area contributed by atoms with Crippen LogP contribution < -0.4 is 10.6 Å². The van der Waals surface area contributed by atoms with Crippen molar-refractivity contribution in [2.24, 2.45) is 0 Å². The minimum atomic E-state index is -0.135. The van der Waals surface area contributed by atoms with E-state index >= 15 is 0 Å². The van der Waals surface area contributed by atoms with Crippen molar-refractivity contribution in [1.82, 2.24) is 5.32 Å². The van der Waals surface area contributed by atoms with Gasteiger partial charge in [0.15, 0.2) is 0 Å². The van der Waals surface area contributed by atoms with E-state index in [4.69, 9.17) is 0 Å². The summed E-state index contributed by atoms with van der Waals surface area (Å²) in [5.74, 6) is -0.164. The molecule has 1 aromatic heterocycles. The second kappa shape index (κ2) is 10.4. The monoisotopic (exact) mass is 392 g/mol. The zero-order valence-electron chi connectivity index (χ0n) is 15.7. The summed E-state index contributed by atoms with van der Waals surface area (Å²) in [4.78, 5) is 25.8. The fourth-order valence-corrected chi connectivity index (χ4v) is 3.66. The van der Waals surface area contributed by atoms with Gasteiger partial charge in [0.1, 0.15) is 0 Å². The number of carbonyl (C=O) groups excluding carboxylic acids is 2. The molecule has 0 bridgehead atoms. The third-order valence-corrected chi connectivity index (χ3v) is 5.29. The van der Waals surface area contributed by atoms with Crippen LogP contribution in [0.4, 0.5) is 5.69 Å². The smallest absolute Gasteiger partial charge is 0.251 e. The number of benzene rings is 2. The standard InChI is InChI=1S/C23H24N2O2S/c26-22(13-5-11-21-12-6-16-28-21)25-20-10-4-9-19(17-20)23(27)24-15-14-18-7-2-1-3-8-18/h1-4,6-10,12,16-17H,5,11,13-15H2,(H,24,27)(H,25,26). The molecular weight excluding hydrogens is 368 g/mol. The number of thiophene rings is 1. The molecule has 3 rings (SSSR count). The van der Waals surface area contributed by atoms with Crippen molar-refractivity contribution >= 4 is 28.8 Å². The molecule has 28 heavy (non-hydrogen) atoms. The van der Waals surface area contributed by atoms with Gasteiger partial charge in [-0.05, 0) is 54.5 Å². The quantitative estimate of drug-likeness (QED) is 0.555. The third kappa shape index (κ3) is 6.35. The van der Waals surface area contributed by atoms with Crippen molar-refractivity contribution in [2.75, 3.05) is 11.9 Å². The van der Waals surface area contributed by atoms with E-state index in [1.807, 2.05) is 41.8 Å². The van der Waals surface area contributed by atoms with Gasteiger partial charge in [-0.25, -0.2) is 0 Å². The van der Waals surface area contributed by atoms with Crippen LogP contribution in [0, 0.1) is 0 Å². The number of hydrogen-bond acceptors (Lipinski definition) is 3. The van der Waals surface area contributed by atoms with Crippen LogP contribution in [0.3, 0.4) is 0 Å². The molecule has 144 valence electrons. The Kier molecular flexibility index (Phi) is 7.38. The zero-order chi connectivity index (χ0) is 19.6. The Balaban J connectivity index is 1.44. The van der Waals surface area contributed by atoms with Crippen LogP contribution in [0.25, 0.3) is 0 Å². The van der Waals surface area contributed by atoms with Crippen molar-refractivity contribution in [1.29, 1.82) is 0 Å². The molecule has 0 aliphatic rings. The van der Waals surface area contributed by atoms with Crippen LogP contribution in [0.15, 0.2) is 72.1 Å². The second-order valence-corrected chi connectivity index (χ2v) is 7.59. The Morgan fingerprint density at radius 3 is 2.54 bits per heavy atom. The minimum Gasteiger partial charge on any atom is -0.352 e. The molecule has 0 spiro atoms. The third-order valence-electron chi connectivity index (χ3n) is 4.36. The number of anilines is 1. The van der Waals surface area contributed by atoms with E-state index in [1.165, 1.54) is 10.4 Å². The molecule has 0 aliphatic carbocycles. The first-order valence-corrected chi connectivity index (χ1v) is 10.3. The summed E-state index contributed by atoms with van der Waals surface area (Å²) < 4.78 is 0. The molecule has 0 atom stereocenters. The molecule has 3 aromatic rings. The molecule has 2 aromatic carbocycles. The number of rotatable bonds is 9. The second-order valence-electron chi connectivity index (χ2n) is 6.55. The summed E-state index contributed by atoms with van der Waals surface area (Å²) in [5, 5.41) is 7.86. The largest absolute Gasteiger partial charge is 0.352 e. The lowest BCUT2D eigenvalue weighted by molar-refractivity contribution is -0.116. The SMILES string of the molecule is O=C(CCCc1cccs1)Nc1cccc(C(=O)NCCc2ccccc2)c1. The van der Waals surface area contributed by atoms with Crippen molar-refractivity contribution in [3.63, 3.8) is 0 Å². The number of carbonyl (C=O) groups is 2. The van der Waals surface area contributed by atoms with E-state index in [0.29, 0.717) is 24.2 Å². The topological polar surface area (TPSA) is 58.2 Å². The van der Waals surface area contributed by atoms with Crippen molar-refractivity contribution < 1.29 is 9.59 Å². The molecule has 1 heterocycles. The van der Waals surface area contributed by atoms with Crippen molar-refractivity contribution in [3.8, 4) is 0 Å². The summed E-state index contributed by atoms with van der Waals surface area (Å²) in [7, 11) is 0. The van der Waals surface area contributed by atoms with Gasteiger partial charge >= 0.3 is 0 Å². The first-order chi connectivity index (χ1) is 13.7. The molecule has 2 amide bonds. The first-order valence-electron chi connectivity index (χ1n) is 9.45. The highest BCUT2D eigenvalue weighted by Crippen LogP contribution is 2.14. The van der Waals surface area contributed by atoms with Gasteiger partial charge in [-0.1, -0.05) is 42.5 Å². The number of aryl methyl sites for hydroxylation is 1. The van der Waals surface area contributed by atoms with E-state index in [1.54, 1.807) is 35.6 Å². The summed E-state index contributed by atoms with van der Waals surface area (Å²) in [6.45, 7) is 0.572. The Labute approximate surface area is 169 Å². The summed E-state index contributed by atoms with van der Waals surface area (Å²) in [5.41, 5.74) is 2.38. The van der Waals surface area contributed by atoms with Gasteiger partial charge in [0.25, 0.3) is 5.91 Å². The maximum atomic E-state index is 12.4. The van der Waals surface area contributed by atoms with E-state index in [2.05, 4.69) is 16.7 Å². The maximum absolute atomic E-state index is 12.4. The molecule has 2 N–H and O–H groups in total. The first kappa shape index (κ1) is 19.8. The highest BCUT2D eigenvalue weighted by molar-refractivity contribution is 7.09. The van der Waals surface area contributed by atoms with Crippen LogP contribution in [0.2, 0.25) is 0 Å². The van der Waals surface area contributed by atoms with Gasteiger partial charge in [0.05, 0.1) is 0 Å². The lowest BCUT2D eigenvalue weighted by Gasteiger charge is -2.09. The summed E-state index contributed by atoms with van der Waals surface area (Å²) in [6, 6.07) is 21.2. The number of hydrogen-bond donors (Lipinski definition) is 2. The van der Waals surface area contributed by atoms with Gasteiger partial charge in [-0.2, -0.15) is 0 Å².